The average Bonchev–Trinajstić information content (AvgIpc) is 3.40. The highest BCUT2D eigenvalue weighted by Gasteiger charge is 2.32. The lowest BCUT2D eigenvalue weighted by Crippen LogP contribution is -2.52. The van der Waals surface area contributed by atoms with Gasteiger partial charge in [-0.2, -0.15) is 5.26 Å². The van der Waals surface area contributed by atoms with Gasteiger partial charge in [0.25, 0.3) is 0 Å². The van der Waals surface area contributed by atoms with Crippen molar-refractivity contribution in [3.05, 3.63) is 84.3 Å². The number of aromatic nitrogens is 3. The first-order chi connectivity index (χ1) is 24.5. The van der Waals surface area contributed by atoms with Crippen molar-refractivity contribution < 1.29 is 28.5 Å². The Labute approximate surface area is 291 Å². The molecule has 258 valence electrons. The maximum absolute atomic E-state index is 11.8. The molecule has 5 aromatic rings. The van der Waals surface area contributed by atoms with Gasteiger partial charge in [0.2, 0.25) is 5.88 Å². The van der Waals surface area contributed by atoms with Crippen molar-refractivity contribution in [2.45, 2.75) is 44.0 Å². The number of methoxy groups -OCH3 is 1. The summed E-state index contributed by atoms with van der Waals surface area (Å²) in [5, 5.41) is 11.7. The van der Waals surface area contributed by atoms with Crippen LogP contribution < -0.4 is 9.64 Å². The minimum atomic E-state index is -0.507. The molecular formula is C39H41N5O6. The van der Waals surface area contributed by atoms with E-state index in [1.54, 1.807) is 12.1 Å². The Balaban J connectivity index is 0.726. The molecule has 1 aliphatic heterocycles. The van der Waals surface area contributed by atoms with E-state index >= 15 is 0 Å². The average molecular weight is 676 g/mol. The fourth-order valence-corrected chi connectivity index (χ4v) is 6.56. The monoisotopic (exact) mass is 675 g/mol. The Morgan fingerprint density at radius 3 is 2.38 bits per heavy atom. The molecule has 7 rings (SSSR count). The van der Waals surface area contributed by atoms with E-state index in [1.165, 1.54) is 23.5 Å². The second-order valence-corrected chi connectivity index (χ2v) is 12.8. The van der Waals surface area contributed by atoms with Gasteiger partial charge in [0, 0.05) is 112 Å². The van der Waals surface area contributed by atoms with Gasteiger partial charge in [-0.3, -0.25) is 4.98 Å². The van der Waals surface area contributed by atoms with Crippen molar-refractivity contribution in [1.82, 2.24) is 14.5 Å². The Morgan fingerprint density at radius 2 is 1.64 bits per heavy atom. The molecule has 0 spiro atoms. The summed E-state index contributed by atoms with van der Waals surface area (Å²) in [4.78, 5) is 22.8. The lowest BCUT2D eigenvalue weighted by molar-refractivity contribution is -0.0664. The number of nitrogens with zero attached hydrogens (tertiary/aromatic N) is 5. The van der Waals surface area contributed by atoms with Crippen molar-refractivity contribution >= 4 is 33.5 Å². The van der Waals surface area contributed by atoms with Crippen molar-refractivity contribution in [3.63, 3.8) is 0 Å². The molecule has 1 aliphatic carbocycles. The maximum atomic E-state index is 11.8. The molecule has 2 fully saturated rings. The van der Waals surface area contributed by atoms with Crippen LogP contribution in [-0.2, 0) is 26.0 Å². The van der Waals surface area contributed by atoms with Crippen molar-refractivity contribution in [3.8, 4) is 23.1 Å². The van der Waals surface area contributed by atoms with Gasteiger partial charge in [-0.1, -0.05) is 12.1 Å². The fourth-order valence-electron chi connectivity index (χ4n) is 6.56. The number of hydrogen-bond donors (Lipinski definition) is 0. The number of benzene rings is 2. The van der Waals surface area contributed by atoms with Gasteiger partial charge in [0.05, 0.1) is 36.0 Å². The standard InChI is InChI=1S/C39H41N5O6/c1-43-36-11-12-41-23-35(36)34-8-5-26(18-37(34)43)27-6-10-38(42-22-27)50-31-19-30(20-31)48-15-3-13-47-14-4-16-49-32-24-44(25-32)29-7-9-33(39(45)46-2)28(17-29)21-40/h5-12,17-18,22-23,30-32H,3-4,13-16,19-20,24-25H2,1-2H3. The van der Waals surface area contributed by atoms with E-state index < -0.39 is 5.97 Å². The highest BCUT2D eigenvalue weighted by Crippen LogP contribution is 2.32. The number of hydrogen-bond acceptors (Lipinski definition) is 10. The van der Waals surface area contributed by atoms with Crippen molar-refractivity contribution in [2.24, 2.45) is 7.05 Å². The quantitative estimate of drug-likeness (QED) is 0.0954. The van der Waals surface area contributed by atoms with E-state index in [9.17, 15) is 10.1 Å². The van der Waals surface area contributed by atoms with Crippen LogP contribution >= 0.6 is 0 Å². The van der Waals surface area contributed by atoms with Crippen LogP contribution in [0.25, 0.3) is 32.9 Å². The Bertz CT molecular complexity index is 1990. The SMILES string of the molecule is COC(=O)c1ccc(N2CC(OCCCOCCCOC3CC(Oc4ccc(-c5ccc6c7cnccc7n(C)c6c5)cn4)C3)C2)cc1C#N. The van der Waals surface area contributed by atoms with Crippen LogP contribution in [0.5, 0.6) is 5.88 Å². The topological polar surface area (TPSA) is 121 Å². The summed E-state index contributed by atoms with van der Waals surface area (Å²) in [6.07, 6.45) is 9.54. The van der Waals surface area contributed by atoms with Gasteiger partial charge in [0.1, 0.15) is 12.2 Å². The van der Waals surface area contributed by atoms with Crippen LogP contribution in [0.4, 0.5) is 5.69 Å². The fraction of sp³-hybridized carbons (Fsp3) is 0.385. The summed E-state index contributed by atoms with van der Waals surface area (Å²) in [6.45, 7) is 4.12. The molecular weight excluding hydrogens is 634 g/mol. The van der Waals surface area contributed by atoms with E-state index in [4.69, 9.17) is 23.7 Å². The molecule has 1 saturated heterocycles. The summed E-state index contributed by atoms with van der Waals surface area (Å²) >= 11 is 0. The third kappa shape index (κ3) is 7.28. The largest absolute Gasteiger partial charge is 0.474 e. The summed E-state index contributed by atoms with van der Waals surface area (Å²) in [6, 6.07) is 19.8. The first kappa shape index (κ1) is 33.5. The second-order valence-electron chi connectivity index (χ2n) is 12.8. The predicted molar refractivity (Wildman–Crippen MR) is 189 cm³/mol. The highest BCUT2D eigenvalue weighted by atomic mass is 16.5. The highest BCUT2D eigenvalue weighted by molar-refractivity contribution is 6.08. The number of ether oxygens (including phenoxy) is 5. The normalized spacial score (nSPS) is 17.3. The number of rotatable bonds is 15. The number of carbonyl (C=O) groups excluding carboxylic acids is 1. The number of anilines is 1. The molecule has 0 atom stereocenters. The minimum absolute atomic E-state index is 0.125. The Kier molecular flexibility index (Phi) is 10.2. The zero-order valence-electron chi connectivity index (χ0n) is 28.4. The van der Waals surface area contributed by atoms with E-state index in [-0.39, 0.29) is 23.9 Å². The summed E-state index contributed by atoms with van der Waals surface area (Å²) < 4.78 is 30.8. The number of fused-ring (bicyclic) bond motifs is 3. The second kappa shape index (κ2) is 15.3. The van der Waals surface area contributed by atoms with E-state index in [0.717, 1.165) is 61.0 Å². The molecule has 0 unspecified atom stereocenters. The molecule has 11 heteroatoms. The molecule has 2 aromatic carbocycles. The molecule has 2 aliphatic rings. The van der Waals surface area contributed by atoms with Crippen LogP contribution in [0.2, 0.25) is 0 Å². The zero-order valence-corrected chi connectivity index (χ0v) is 28.4. The summed E-state index contributed by atoms with van der Waals surface area (Å²) in [7, 11) is 3.40. The number of carbonyl (C=O) groups is 1. The van der Waals surface area contributed by atoms with Crippen LogP contribution in [0, 0.1) is 11.3 Å². The van der Waals surface area contributed by atoms with Gasteiger partial charge in [-0.15, -0.1) is 0 Å². The number of aryl methyl sites for hydroxylation is 1. The van der Waals surface area contributed by atoms with E-state index in [0.29, 0.717) is 37.9 Å². The van der Waals surface area contributed by atoms with Gasteiger partial charge < -0.3 is 33.2 Å². The third-order valence-corrected chi connectivity index (χ3v) is 9.53. The number of esters is 1. The van der Waals surface area contributed by atoms with Crippen LogP contribution in [0.1, 0.15) is 41.6 Å². The lowest BCUT2D eigenvalue weighted by atomic mass is 9.92. The zero-order chi connectivity index (χ0) is 34.5. The van der Waals surface area contributed by atoms with Crippen LogP contribution in [-0.4, -0.2) is 85.4 Å². The van der Waals surface area contributed by atoms with Gasteiger partial charge in [0.15, 0.2) is 0 Å². The number of pyridine rings is 2. The molecule has 0 bridgehead atoms. The lowest BCUT2D eigenvalue weighted by Gasteiger charge is -2.40. The first-order valence-corrected chi connectivity index (χ1v) is 17.1. The van der Waals surface area contributed by atoms with Crippen molar-refractivity contribution in [1.29, 1.82) is 5.26 Å². The van der Waals surface area contributed by atoms with Crippen LogP contribution in [0.3, 0.4) is 0 Å². The Morgan fingerprint density at radius 1 is 0.860 bits per heavy atom. The van der Waals surface area contributed by atoms with Gasteiger partial charge in [-0.05, 0) is 54.8 Å². The van der Waals surface area contributed by atoms with Gasteiger partial charge >= 0.3 is 5.97 Å². The summed E-state index contributed by atoms with van der Waals surface area (Å²) in [5.74, 6) is 0.134. The van der Waals surface area contributed by atoms with Crippen molar-refractivity contribution in [2.75, 3.05) is 51.5 Å². The molecule has 11 nitrogen and oxygen atoms in total. The van der Waals surface area contributed by atoms with Gasteiger partial charge in [-0.25, -0.2) is 9.78 Å². The molecule has 3 aromatic heterocycles. The van der Waals surface area contributed by atoms with Crippen LogP contribution in [0.15, 0.2) is 73.2 Å². The van der Waals surface area contributed by atoms with E-state index in [2.05, 4.69) is 56.8 Å². The smallest absolute Gasteiger partial charge is 0.339 e. The molecule has 0 radical (unpaired) electrons. The summed E-state index contributed by atoms with van der Waals surface area (Å²) in [5.41, 5.74) is 6.00. The molecule has 50 heavy (non-hydrogen) atoms. The Hall–Kier alpha value is -5.02. The molecule has 4 heterocycles. The first-order valence-electron chi connectivity index (χ1n) is 17.1. The predicted octanol–water partition coefficient (Wildman–Crippen LogP) is 6.08. The van der Waals surface area contributed by atoms with E-state index in [1.807, 2.05) is 36.8 Å². The maximum Gasteiger partial charge on any atom is 0.339 e. The molecule has 0 N–H and O–H groups in total. The molecule has 1 saturated carbocycles. The number of nitriles is 1. The minimum Gasteiger partial charge on any atom is -0.474 e. The molecule has 0 amide bonds. The third-order valence-electron chi connectivity index (χ3n) is 9.53.